The Labute approximate surface area is 56.5 Å². The molecule has 1 aliphatic rings. The van der Waals surface area contributed by atoms with Crippen molar-refractivity contribution in [2.75, 3.05) is 0 Å². The Morgan fingerprint density at radius 2 is 2.22 bits per heavy atom. The third kappa shape index (κ3) is 1.21. The van der Waals surface area contributed by atoms with Gasteiger partial charge in [0, 0.05) is 17.8 Å². The molecule has 1 heterocycles. The largest absolute Gasteiger partial charge is 0.265 e. The molecular formula is C8H13N. The average Bonchev–Trinajstić information content (AvgIpc) is 2.13. The van der Waals surface area contributed by atoms with Gasteiger partial charge in [-0.15, -0.1) is 0 Å². The molecular weight excluding hydrogens is 110 g/mol. The van der Waals surface area contributed by atoms with Crippen molar-refractivity contribution in [3.05, 3.63) is 12.3 Å². The molecule has 1 rings (SSSR count). The van der Waals surface area contributed by atoms with Gasteiger partial charge in [0.05, 0.1) is 0 Å². The number of hydrogen-bond donors (Lipinski definition) is 0. The molecule has 0 aromatic heterocycles. The molecule has 0 aromatic rings. The summed E-state index contributed by atoms with van der Waals surface area (Å²) >= 11 is 0. The van der Waals surface area contributed by atoms with Crippen molar-refractivity contribution in [1.29, 1.82) is 0 Å². The predicted octanol–water partition coefficient (Wildman–Crippen LogP) is 2.25. The quantitative estimate of drug-likeness (QED) is 0.507. The fourth-order valence-electron chi connectivity index (χ4n) is 1.15. The van der Waals surface area contributed by atoms with Gasteiger partial charge in [0.15, 0.2) is 0 Å². The number of nitrogens with zero attached hydrogens (tertiary/aromatic N) is 1. The van der Waals surface area contributed by atoms with Crippen molar-refractivity contribution in [2.24, 2.45) is 16.8 Å². The Kier molecular flexibility index (Phi) is 1.70. The van der Waals surface area contributed by atoms with E-state index in [2.05, 4.69) is 31.8 Å². The molecule has 0 amide bonds. The van der Waals surface area contributed by atoms with Crippen LogP contribution in [0.15, 0.2) is 17.3 Å². The summed E-state index contributed by atoms with van der Waals surface area (Å²) in [5.74, 6) is 1.18. The minimum absolute atomic E-state index is 0.574. The maximum Gasteiger partial charge on any atom is 0.0270 e. The normalized spacial score (nSPS) is 25.3. The Balaban J connectivity index is 2.64. The summed E-state index contributed by atoms with van der Waals surface area (Å²) < 4.78 is 0. The standard InChI is InChI=1S/C8H13N/c1-6(2)8-7(3)4-5-9-8/h4-7H,1-3H3. The minimum Gasteiger partial charge on any atom is -0.265 e. The zero-order chi connectivity index (χ0) is 6.85. The summed E-state index contributed by atoms with van der Waals surface area (Å²) in [6, 6.07) is 0. The molecule has 1 aliphatic heterocycles. The van der Waals surface area contributed by atoms with Crippen LogP contribution in [0.25, 0.3) is 0 Å². The maximum atomic E-state index is 4.25. The van der Waals surface area contributed by atoms with Crippen LogP contribution in [-0.2, 0) is 0 Å². The van der Waals surface area contributed by atoms with E-state index in [1.807, 2.05) is 6.20 Å². The second kappa shape index (κ2) is 2.34. The summed E-state index contributed by atoms with van der Waals surface area (Å²) in [6.07, 6.45) is 4.04. The maximum absolute atomic E-state index is 4.25. The number of rotatable bonds is 1. The fourth-order valence-corrected chi connectivity index (χ4v) is 1.15. The fraction of sp³-hybridized carbons (Fsp3) is 0.625. The first-order chi connectivity index (χ1) is 4.22. The summed E-state index contributed by atoms with van der Waals surface area (Å²) in [7, 11) is 0. The lowest BCUT2D eigenvalue weighted by Gasteiger charge is -2.08. The van der Waals surface area contributed by atoms with Gasteiger partial charge in [0.1, 0.15) is 0 Å². The monoisotopic (exact) mass is 123 g/mol. The van der Waals surface area contributed by atoms with Crippen LogP contribution < -0.4 is 0 Å². The molecule has 1 atom stereocenters. The van der Waals surface area contributed by atoms with E-state index in [0.29, 0.717) is 11.8 Å². The van der Waals surface area contributed by atoms with Crippen LogP contribution in [0.3, 0.4) is 0 Å². The molecule has 0 saturated heterocycles. The number of allylic oxidation sites excluding steroid dienone is 1. The molecule has 0 bridgehead atoms. The second-order valence-corrected chi connectivity index (χ2v) is 2.84. The van der Waals surface area contributed by atoms with E-state index < -0.39 is 0 Å². The third-order valence-electron chi connectivity index (χ3n) is 1.66. The molecule has 0 radical (unpaired) electrons. The van der Waals surface area contributed by atoms with Gasteiger partial charge >= 0.3 is 0 Å². The molecule has 0 spiro atoms. The van der Waals surface area contributed by atoms with E-state index in [1.54, 1.807) is 0 Å². The van der Waals surface area contributed by atoms with E-state index >= 15 is 0 Å². The zero-order valence-corrected chi connectivity index (χ0v) is 6.26. The summed E-state index contributed by atoms with van der Waals surface area (Å²) in [6.45, 7) is 6.55. The molecule has 50 valence electrons. The molecule has 9 heavy (non-hydrogen) atoms. The van der Waals surface area contributed by atoms with E-state index in [0.717, 1.165) is 0 Å². The highest BCUT2D eigenvalue weighted by atomic mass is 14.7. The summed E-state index contributed by atoms with van der Waals surface area (Å²) in [4.78, 5) is 4.25. The SMILES string of the molecule is CC(C)C1=NC=CC1C. The van der Waals surface area contributed by atoms with Gasteiger partial charge in [-0.3, -0.25) is 4.99 Å². The number of aliphatic imine (C=N–C) groups is 1. The highest BCUT2D eigenvalue weighted by Gasteiger charge is 2.13. The van der Waals surface area contributed by atoms with Crippen molar-refractivity contribution < 1.29 is 0 Å². The smallest absolute Gasteiger partial charge is 0.0270 e. The lowest BCUT2D eigenvalue weighted by molar-refractivity contribution is 0.819. The van der Waals surface area contributed by atoms with Crippen LogP contribution >= 0.6 is 0 Å². The van der Waals surface area contributed by atoms with Crippen molar-refractivity contribution in [1.82, 2.24) is 0 Å². The van der Waals surface area contributed by atoms with Crippen LogP contribution in [-0.4, -0.2) is 5.71 Å². The van der Waals surface area contributed by atoms with Crippen LogP contribution in [0, 0.1) is 11.8 Å². The van der Waals surface area contributed by atoms with Crippen molar-refractivity contribution in [3.8, 4) is 0 Å². The molecule has 0 aliphatic carbocycles. The van der Waals surface area contributed by atoms with Crippen LogP contribution in [0.4, 0.5) is 0 Å². The van der Waals surface area contributed by atoms with Gasteiger partial charge in [-0.25, -0.2) is 0 Å². The Morgan fingerprint density at radius 3 is 2.44 bits per heavy atom. The van der Waals surface area contributed by atoms with E-state index in [-0.39, 0.29) is 0 Å². The highest BCUT2D eigenvalue weighted by molar-refractivity contribution is 5.91. The van der Waals surface area contributed by atoms with Gasteiger partial charge < -0.3 is 0 Å². The topological polar surface area (TPSA) is 12.4 Å². The van der Waals surface area contributed by atoms with Gasteiger partial charge in [-0.2, -0.15) is 0 Å². The van der Waals surface area contributed by atoms with Crippen LogP contribution in [0.2, 0.25) is 0 Å². The van der Waals surface area contributed by atoms with Gasteiger partial charge in [0.25, 0.3) is 0 Å². The predicted molar refractivity (Wildman–Crippen MR) is 40.6 cm³/mol. The van der Waals surface area contributed by atoms with Gasteiger partial charge in [-0.05, 0) is 5.92 Å². The lowest BCUT2D eigenvalue weighted by Crippen LogP contribution is -2.12. The van der Waals surface area contributed by atoms with Crippen molar-refractivity contribution in [3.63, 3.8) is 0 Å². The molecule has 0 aromatic carbocycles. The molecule has 0 N–H and O–H groups in total. The van der Waals surface area contributed by atoms with Crippen LogP contribution in [0.5, 0.6) is 0 Å². The first kappa shape index (κ1) is 6.53. The lowest BCUT2D eigenvalue weighted by atomic mass is 9.98. The van der Waals surface area contributed by atoms with Crippen molar-refractivity contribution >= 4 is 5.71 Å². The molecule has 1 unspecified atom stereocenters. The summed E-state index contributed by atoms with van der Waals surface area (Å²) in [5.41, 5.74) is 1.31. The van der Waals surface area contributed by atoms with E-state index in [4.69, 9.17) is 0 Å². The average molecular weight is 123 g/mol. The van der Waals surface area contributed by atoms with E-state index in [1.165, 1.54) is 5.71 Å². The van der Waals surface area contributed by atoms with Crippen molar-refractivity contribution in [2.45, 2.75) is 20.8 Å². The Bertz CT molecular complexity index is 154. The Hall–Kier alpha value is -0.590. The first-order valence-corrected chi connectivity index (χ1v) is 3.46. The Morgan fingerprint density at radius 1 is 1.56 bits per heavy atom. The zero-order valence-electron chi connectivity index (χ0n) is 6.26. The van der Waals surface area contributed by atoms with Gasteiger partial charge in [0.2, 0.25) is 0 Å². The third-order valence-corrected chi connectivity index (χ3v) is 1.66. The second-order valence-electron chi connectivity index (χ2n) is 2.84. The molecule has 1 heteroatoms. The number of hydrogen-bond acceptors (Lipinski definition) is 1. The highest BCUT2D eigenvalue weighted by Crippen LogP contribution is 2.15. The molecule has 1 nitrogen and oxygen atoms in total. The first-order valence-electron chi connectivity index (χ1n) is 3.46. The van der Waals surface area contributed by atoms with Crippen LogP contribution in [0.1, 0.15) is 20.8 Å². The van der Waals surface area contributed by atoms with Gasteiger partial charge in [-0.1, -0.05) is 26.8 Å². The molecule has 0 fully saturated rings. The summed E-state index contributed by atoms with van der Waals surface area (Å²) in [5, 5.41) is 0. The molecule has 0 saturated carbocycles. The van der Waals surface area contributed by atoms with E-state index in [9.17, 15) is 0 Å². The minimum atomic E-state index is 0.574.